The Labute approximate surface area is 59.5 Å². The summed E-state index contributed by atoms with van der Waals surface area (Å²) in [4.78, 5) is 24.7. The van der Waals surface area contributed by atoms with E-state index in [0.717, 1.165) is 0 Å². The topological polar surface area (TPSA) is 55.4 Å². The number of hydrogen-bond donors (Lipinski definition) is 1. The lowest BCUT2D eigenvalue weighted by molar-refractivity contribution is -0.162. The van der Waals surface area contributed by atoms with Gasteiger partial charge in [-0.1, -0.05) is 0 Å². The molecular formula is C6H11NO3. The molecule has 10 heavy (non-hydrogen) atoms. The normalized spacial score (nSPS) is 10.3. The molecule has 0 aromatic heterocycles. The third-order valence-corrected chi connectivity index (χ3v) is 0.812. The number of hydrogen-bond acceptors (Lipinski definition) is 3. The quantitative estimate of drug-likeness (QED) is 0.447. The zero-order valence-corrected chi connectivity index (χ0v) is 6.30. The van der Waals surface area contributed by atoms with Crippen LogP contribution in [0.5, 0.6) is 0 Å². The summed E-state index contributed by atoms with van der Waals surface area (Å²) in [6, 6.07) is 0. The van der Waals surface area contributed by atoms with Gasteiger partial charge < -0.3 is 4.84 Å². The van der Waals surface area contributed by atoms with Gasteiger partial charge in [0.15, 0.2) is 0 Å². The molecule has 0 aliphatic rings. The van der Waals surface area contributed by atoms with Crippen LogP contribution in [0.15, 0.2) is 0 Å². The predicted molar refractivity (Wildman–Crippen MR) is 34.7 cm³/mol. The lowest BCUT2D eigenvalue weighted by atomic mass is 9.98. The van der Waals surface area contributed by atoms with Gasteiger partial charge in [0.25, 0.3) is 0 Å². The highest BCUT2D eigenvalue weighted by molar-refractivity contribution is 5.75. The molecule has 0 fully saturated rings. The van der Waals surface area contributed by atoms with E-state index in [1.165, 1.54) is 0 Å². The van der Waals surface area contributed by atoms with E-state index in [0.29, 0.717) is 6.41 Å². The Bertz CT molecular complexity index is 136. The molecule has 0 spiro atoms. The molecule has 0 unspecified atom stereocenters. The van der Waals surface area contributed by atoms with Crippen molar-refractivity contribution in [1.29, 1.82) is 0 Å². The first kappa shape index (κ1) is 8.94. The van der Waals surface area contributed by atoms with Gasteiger partial charge in [-0.15, -0.1) is 0 Å². The van der Waals surface area contributed by atoms with Crippen LogP contribution in [0.25, 0.3) is 0 Å². The van der Waals surface area contributed by atoms with Gasteiger partial charge in [0.1, 0.15) is 0 Å². The first-order chi connectivity index (χ1) is 4.48. The smallest absolute Gasteiger partial charge is 0.337 e. The molecule has 0 rings (SSSR count). The van der Waals surface area contributed by atoms with Gasteiger partial charge >= 0.3 is 5.97 Å². The summed E-state index contributed by atoms with van der Waals surface area (Å²) in [6.45, 7) is 5.09. The SMILES string of the molecule is CC(C)(C)C(=O)ONC=O. The summed E-state index contributed by atoms with van der Waals surface area (Å²) >= 11 is 0. The van der Waals surface area contributed by atoms with Crippen LogP contribution in [0, 0.1) is 5.41 Å². The summed E-state index contributed by atoms with van der Waals surface area (Å²) < 4.78 is 0. The van der Waals surface area contributed by atoms with Gasteiger partial charge in [0.2, 0.25) is 6.41 Å². The maximum absolute atomic E-state index is 10.8. The Balaban J connectivity index is 3.74. The molecule has 0 atom stereocenters. The standard InChI is InChI=1S/C6H11NO3/c1-6(2,3)5(9)10-7-4-8/h4H,1-3H3,(H,7,8). The fraction of sp³-hybridized carbons (Fsp3) is 0.667. The number of carbonyl (C=O) groups is 2. The molecule has 0 saturated heterocycles. The van der Waals surface area contributed by atoms with Gasteiger partial charge in [-0.05, 0) is 20.8 Å². The van der Waals surface area contributed by atoms with Crippen LogP contribution in [-0.4, -0.2) is 12.4 Å². The van der Waals surface area contributed by atoms with Gasteiger partial charge in [0.05, 0.1) is 5.41 Å². The molecule has 0 bridgehead atoms. The minimum atomic E-state index is -0.573. The number of rotatable bonds is 2. The average molecular weight is 145 g/mol. The van der Waals surface area contributed by atoms with Crippen LogP contribution in [0.4, 0.5) is 0 Å². The van der Waals surface area contributed by atoms with Crippen molar-refractivity contribution >= 4 is 12.4 Å². The van der Waals surface area contributed by atoms with Crippen LogP contribution in [0.2, 0.25) is 0 Å². The second-order valence-electron chi connectivity index (χ2n) is 2.88. The molecule has 0 radical (unpaired) electrons. The van der Waals surface area contributed by atoms with Gasteiger partial charge in [-0.3, -0.25) is 4.79 Å². The maximum Gasteiger partial charge on any atom is 0.337 e. The largest absolute Gasteiger partial charge is 0.340 e. The van der Waals surface area contributed by atoms with E-state index in [1.54, 1.807) is 20.8 Å². The Hall–Kier alpha value is -1.06. The van der Waals surface area contributed by atoms with Crippen LogP contribution < -0.4 is 5.48 Å². The van der Waals surface area contributed by atoms with Gasteiger partial charge in [-0.2, -0.15) is 5.48 Å². The van der Waals surface area contributed by atoms with E-state index in [-0.39, 0.29) is 0 Å². The van der Waals surface area contributed by atoms with Crippen molar-refractivity contribution in [2.24, 2.45) is 5.41 Å². The van der Waals surface area contributed by atoms with Crippen molar-refractivity contribution in [3.63, 3.8) is 0 Å². The molecule has 0 heterocycles. The molecule has 0 aromatic rings. The van der Waals surface area contributed by atoms with Gasteiger partial charge in [-0.25, -0.2) is 4.79 Å². The van der Waals surface area contributed by atoms with E-state index >= 15 is 0 Å². The molecule has 0 saturated carbocycles. The van der Waals surface area contributed by atoms with Crippen LogP contribution in [-0.2, 0) is 14.4 Å². The van der Waals surface area contributed by atoms with Crippen molar-refractivity contribution in [2.75, 3.05) is 0 Å². The van der Waals surface area contributed by atoms with Crippen LogP contribution >= 0.6 is 0 Å². The number of hydroxylamine groups is 1. The molecule has 4 nitrogen and oxygen atoms in total. The van der Waals surface area contributed by atoms with Crippen LogP contribution in [0.1, 0.15) is 20.8 Å². The fourth-order valence-electron chi connectivity index (χ4n) is 0.231. The predicted octanol–water partition coefficient (Wildman–Crippen LogP) is 0.237. The van der Waals surface area contributed by atoms with Crippen molar-refractivity contribution in [3.8, 4) is 0 Å². The molecular weight excluding hydrogens is 134 g/mol. The van der Waals surface area contributed by atoms with Crippen molar-refractivity contribution in [2.45, 2.75) is 20.8 Å². The summed E-state index contributed by atoms with van der Waals surface area (Å²) in [5, 5.41) is 0. The first-order valence-electron chi connectivity index (χ1n) is 2.89. The number of nitrogens with one attached hydrogen (secondary N) is 1. The monoisotopic (exact) mass is 145 g/mol. The first-order valence-corrected chi connectivity index (χ1v) is 2.89. The molecule has 0 aliphatic carbocycles. The number of carbonyl (C=O) groups excluding carboxylic acids is 2. The van der Waals surface area contributed by atoms with Crippen LogP contribution in [0.3, 0.4) is 0 Å². The summed E-state index contributed by atoms with van der Waals surface area (Å²) in [6.07, 6.45) is 0.309. The van der Waals surface area contributed by atoms with E-state index in [4.69, 9.17) is 0 Å². The summed E-state index contributed by atoms with van der Waals surface area (Å²) in [5.74, 6) is -0.459. The third-order valence-electron chi connectivity index (χ3n) is 0.812. The molecule has 4 heteroatoms. The zero-order chi connectivity index (χ0) is 8.20. The minimum Gasteiger partial charge on any atom is -0.340 e. The zero-order valence-electron chi connectivity index (χ0n) is 6.30. The molecule has 1 amide bonds. The summed E-state index contributed by atoms with van der Waals surface area (Å²) in [5.41, 5.74) is 1.25. The second kappa shape index (κ2) is 3.20. The lowest BCUT2D eigenvalue weighted by Gasteiger charge is -2.14. The highest BCUT2D eigenvalue weighted by Gasteiger charge is 2.23. The molecule has 0 aliphatic heterocycles. The Morgan fingerprint density at radius 1 is 1.50 bits per heavy atom. The average Bonchev–Trinajstić information content (AvgIpc) is 1.80. The molecule has 58 valence electrons. The lowest BCUT2D eigenvalue weighted by Crippen LogP contribution is -2.28. The van der Waals surface area contributed by atoms with Crippen molar-refractivity contribution < 1.29 is 14.4 Å². The van der Waals surface area contributed by atoms with Gasteiger partial charge in [0, 0.05) is 0 Å². The Morgan fingerprint density at radius 3 is 2.30 bits per heavy atom. The Morgan fingerprint density at radius 2 is 2.00 bits per heavy atom. The molecule has 0 aromatic carbocycles. The Kier molecular flexibility index (Phi) is 2.86. The summed E-state index contributed by atoms with van der Waals surface area (Å²) in [7, 11) is 0. The van der Waals surface area contributed by atoms with E-state index in [2.05, 4.69) is 4.84 Å². The van der Waals surface area contributed by atoms with Crippen molar-refractivity contribution in [3.05, 3.63) is 0 Å². The van der Waals surface area contributed by atoms with E-state index in [9.17, 15) is 9.59 Å². The van der Waals surface area contributed by atoms with E-state index in [1.807, 2.05) is 5.48 Å². The maximum atomic E-state index is 10.8. The highest BCUT2D eigenvalue weighted by Crippen LogP contribution is 2.13. The second-order valence-corrected chi connectivity index (χ2v) is 2.88. The van der Waals surface area contributed by atoms with E-state index < -0.39 is 11.4 Å². The third kappa shape index (κ3) is 3.06. The minimum absolute atomic E-state index is 0.309. The highest BCUT2D eigenvalue weighted by atomic mass is 16.7. The number of amides is 1. The van der Waals surface area contributed by atoms with Crippen molar-refractivity contribution in [1.82, 2.24) is 5.48 Å². The fourth-order valence-corrected chi connectivity index (χ4v) is 0.231. The molecule has 1 N–H and O–H groups in total.